The van der Waals surface area contributed by atoms with Gasteiger partial charge in [-0.15, -0.1) is 0 Å². The van der Waals surface area contributed by atoms with Crippen molar-refractivity contribution in [3.8, 4) is 0 Å². The van der Waals surface area contributed by atoms with E-state index in [9.17, 15) is 5.11 Å². The molecule has 0 aliphatic rings. The van der Waals surface area contributed by atoms with E-state index in [2.05, 4.69) is 48.5 Å². The third-order valence-corrected chi connectivity index (χ3v) is 2.90. The molecule has 0 aromatic carbocycles. The van der Waals surface area contributed by atoms with Crippen LogP contribution in [0.15, 0.2) is 0 Å². The second-order valence-corrected chi connectivity index (χ2v) is 7.49. The van der Waals surface area contributed by atoms with E-state index in [1.165, 1.54) is 0 Å². The molecule has 0 rings (SSSR count). The molecule has 0 unspecified atom stereocenters. The summed E-state index contributed by atoms with van der Waals surface area (Å²) in [6, 6.07) is 0. The van der Waals surface area contributed by atoms with Crippen LogP contribution < -0.4 is 0 Å². The Bertz CT molecular complexity index is 158. The summed E-state index contributed by atoms with van der Waals surface area (Å²) in [6.45, 7) is 16.1. The first-order valence-corrected chi connectivity index (χ1v) is 6.14. The zero-order valence-corrected chi connectivity index (χ0v) is 11.8. The molecule has 0 aromatic rings. The van der Waals surface area contributed by atoms with Gasteiger partial charge in [0, 0.05) is 6.61 Å². The van der Waals surface area contributed by atoms with Gasteiger partial charge in [-0.05, 0) is 35.5 Å². The van der Waals surface area contributed by atoms with E-state index in [1.807, 2.05) is 0 Å². The summed E-state index contributed by atoms with van der Waals surface area (Å²) in [5, 5.41) is 9.70. The van der Waals surface area contributed by atoms with E-state index >= 15 is 0 Å². The molecular weight excluding hydrogens is 184 g/mol. The Hall–Kier alpha value is -0.0400. The molecule has 1 nitrogen and oxygen atoms in total. The normalized spacial score (nSPS) is 14.4. The van der Waals surface area contributed by atoms with Gasteiger partial charge in [0.2, 0.25) is 0 Å². The van der Waals surface area contributed by atoms with E-state index < -0.39 is 0 Å². The Morgan fingerprint density at radius 2 is 1.13 bits per heavy atom. The summed E-state index contributed by atoms with van der Waals surface area (Å²) < 4.78 is 0. The fourth-order valence-corrected chi connectivity index (χ4v) is 2.79. The van der Waals surface area contributed by atoms with E-state index in [-0.39, 0.29) is 5.41 Å². The van der Waals surface area contributed by atoms with Crippen LogP contribution in [-0.2, 0) is 0 Å². The maximum absolute atomic E-state index is 9.70. The summed E-state index contributed by atoms with van der Waals surface area (Å²) in [6.07, 6.45) is 3.27. The molecule has 0 heterocycles. The van der Waals surface area contributed by atoms with Crippen LogP contribution in [0, 0.1) is 16.2 Å². The summed E-state index contributed by atoms with van der Waals surface area (Å²) in [5.74, 6) is 0. The summed E-state index contributed by atoms with van der Waals surface area (Å²) in [7, 11) is 0. The molecule has 0 fully saturated rings. The third-order valence-electron chi connectivity index (χ3n) is 2.90. The number of hydrogen-bond donors (Lipinski definition) is 1. The molecule has 92 valence electrons. The number of aliphatic hydroxyl groups excluding tert-OH is 1. The van der Waals surface area contributed by atoms with Crippen molar-refractivity contribution in [1.29, 1.82) is 0 Å². The molecule has 1 N–H and O–H groups in total. The minimum atomic E-state index is 0.108. The van der Waals surface area contributed by atoms with Crippen molar-refractivity contribution in [2.45, 2.75) is 67.7 Å². The second-order valence-electron chi connectivity index (χ2n) is 7.49. The largest absolute Gasteiger partial charge is 0.396 e. The first-order valence-electron chi connectivity index (χ1n) is 6.14. The lowest BCUT2D eigenvalue weighted by Crippen LogP contribution is -2.34. The van der Waals surface area contributed by atoms with Gasteiger partial charge in [0.15, 0.2) is 0 Å². The zero-order chi connectivity index (χ0) is 12.3. The fraction of sp³-hybridized carbons (Fsp3) is 1.00. The van der Waals surface area contributed by atoms with Crippen LogP contribution in [0.5, 0.6) is 0 Å². The van der Waals surface area contributed by atoms with Gasteiger partial charge >= 0.3 is 0 Å². The number of aliphatic hydroxyl groups is 1. The van der Waals surface area contributed by atoms with Crippen LogP contribution in [0.3, 0.4) is 0 Å². The molecule has 0 amide bonds. The van der Waals surface area contributed by atoms with Crippen molar-refractivity contribution in [2.75, 3.05) is 6.61 Å². The molecular formula is C14H30O. The molecule has 0 saturated carbocycles. The fourth-order valence-electron chi connectivity index (χ4n) is 2.79. The van der Waals surface area contributed by atoms with Crippen molar-refractivity contribution in [1.82, 2.24) is 0 Å². The van der Waals surface area contributed by atoms with Gasteiger partial charge < -0.3 is 5.11 Å². The molecule has 1 heteroatoms. The maximum Gasteiger partial charge on any atom is 0.0487 e. The highest BCUT2D eigenvalue weighted by atomic mass is 16.3. The van der Waals surface area contributed by atoms with Crippen molar-refractivity contribution < 1.29 is 5.11 Å². The van der Waals surface area contributed by atoms with Crippen LogP contribution in [0.2, 0.25) is 0 Å². The minimum absolute atomic E-state index is 0.108. The smallest absolute Gasteiger partial charge is 0.0487 e. The van der Waals surface area contributed by atoms with Crippen LogP contribution in [-0.4, -0.2) is 11.7 Å². The standard InChI is InChI=1S/C14H30O/c1-8-14(11-15,9-12(2,3)4)10-13(5,6)7/h15H,8-11H2,1-7H3. The molecule has 15 heavy (non-hydrogen) atoms. The van der Waals surface area contributed by atoms with E-state index in [4.69, 9.17) is 0 Å². The van der Waals surface area contributed by atoms with E-state index in [0.29, 0.717) is 17.4 Å². The average Bonchev–Trinajstić information content (AvgIpc) is 1.98. The second kappa shape index (κ2) is 4.86. The highest BCUT2D eigenvalue weighted by molar-refractivity contribution is 4.86. The highest BCUT2D eigenvalue weighted by Gasteiger charge is 2.35. The molecule has 0 spiro atoms. The van der Waals surface area contributed by atoms with Crippen molar-refractivity contribution in [2.24, 2.45) is 16.2 Å². The van der Waals surface area contributed by atoms with Crippen LogP contribution in [0.25, 0.3) is 0 Å². The quantitative estimate of drug-likeness (QED) is 0.742. The lowest BCUT2D eigenvalue weighted by molar-refractivity contribution is 0.0340. The highest BCUT2D eigenvalue weighted by Crippen LogP contribution is 2.44. The van der Waals surface area contributed by atoms with Gasteiger partial charge in [0.05, 0.1) is 0 Å². The molecule has 0 aromatic heterocycles. The van der Waals surface area contributed by atoms with Gasteiger partial charge in [-0.2, -0.15) is 0 Å². The Morgan fingerprint density at radius 1 is 0.800 bits per heavy atom. The SMILES string of the molecule is CCC(CO)(CC(C)(C)C)CC(C)(C)C. The zero-order valence-electron chi connectivity index (χ0n) is 11.8. The lowest BCUT2D eigenvalue weighted by Gasteiger charge is -2.41. The van der Waals surface area contributed by atoms with Crippen molar-refractivity contribution in [3.63, 3.8) is 0 Å². The van der Waals surface area contributed by atoms with Crippen molar-refractivity contribution >= 4 is 0 Å². The predicted molar refractivity (Wildman–Crippen MR) is 68.0 cm³/mol. The van der Waals surface area contributed by atoms with E-state index in [0.717, 1.165) is 19.3 Å². The third kappa shape index (κ3) is 6.19. The van der Waals surface area contributed by atoms with Gasteiger partial charge in [-0.1, -0.05) is 48.5 Å². The number of rotatable bonds is 4. The molecule has 0 saturated heterocycles. The Balaban J connectivity index is 4.74. The monoisotopic (exact) mass is 214 g/mol. The van der Waals surface area contributed by atoms with Crippen LogP contribution in [0.1, 0.15) is 67.7 Å². The van der Waals surface area contributed by atoms with Gasteiger partial charge in [0.25, 0.3) is 0 Å². The molecule has 0 aliphatic heterocycles. The van der Waals surface area contributed by atoms with E-state index in [1.54, 1.807) is 0 Å². The first kappa shape index (κ1) is 15.0. The molecule has 0 atom stereocenters. The Morgan fingerprint density at radius 3 is 1.27 bits per heavy atom. The molecule has 0 bridgehead atoms. The first-order chi connectivity index (χ1) is 6.54. The Labute approximate surface area is 96.3 Å². The topological polar surface area (TPSA) is 20.2 Å². The summed E-state index contributed by atoms with van der Waals surface area (Å²) in [5.41, 5.74) is 0.699. The van der Waals surface area contributed by atoms with Gasteiger partial charge in [-0.3, -0.25) is 0 Å². The Kier molecular flexibility index (Phi) is 4.85. The van der Waals surface area contributed by atoms with Gasteiger partial charge in [-0.25, -0.2) is 0 Å². The van der Waals surface area contributed by atoms with Crippen LogP contribution in [0.4, 0.5) is 0 Å². The maximum atomic E-state index is 9.70. The summed E-state index contributed by atoms with van der Waals surface area (Å²) >= 11 is 0. The molecule has 0 radical (unpaired) electrons. The van der Waals surface area contributed by atoms with Crippen LogP contribution >= 0.6 is 0 Å². The number of hydrogen-bond acceptors (Lipinski definition) is 1. The summed E-state index contributed by atoms with van der Waals surface area (Å²) in [4.78, 5) is 0. The van der Waals surface area contributed by atoms with Gasteiger partial charge in [0.1, 0.15) is 0 Å². The predicted octanol–water partition coefficient (Wildman–Crippen LogP) is 4.25. The minimum Gasteiger partial charge on any atom is -0.396 e. The average molecular weight is 214 g/mol. The molecule has 0 aliphatic carbocycles. The lowest BCUT2D eigenvalue weighted by atomic mass is 9.65. The van der Waals surface area contributed by atoms with Crippen molar-refractivity contribution in [3.05, 3.63) is 0 Å².